The molecule has 0 bridgehead atoms. The highest BCUT2D eigenvalue weighted by molar-refractivity contribution is 5.90. The van der Waals surface area contributed by atoms with E-state index in [0.717, 1.165) is 17.5 Å². The monoisotopic (exact) mass is 351 g/mol. The molecule has 0 radical (unpaired) electrons. The summed E-state index contributed by atoms with van der Waals surface area (Å²) in [4.78, 5) is 27.0. The zero-order chi connectivity index (χ0) is 18.4. The van der Waals surface area contributed by atoms with Crippen LogP contribution in [0.2, 0.25) is 0 Å². The summed E-state index contributed by atoms with van der Waals surface area (Å²) in [6, 6.07) is 18.4. The van der Waals surface area contributed by atoms with Crippen LogP contribution in [0, 0.1) is 0 Å². The van der Waals surface area contributed by atoms with Crippen molar-refractivity contribution in [3.8, 4) is 0 Å². The van der Waals surface area contributed by atoms with E-state index >= 15 is 0 Å². The van der Waals surface area contributed by atoms with Gasteiger partial charge in [-0.1, -0.05) is 60.7 Å². The van der Waals surface area contributed by atoms with Gasteiger partial charge in [-0.15, -0.1) is 0 Å². The van der Waals surface area contributed by atoms with Gasteiger partial charge in [0.15, 0.2) is 0 Å². The molecule has 2 amide bonds. The quantitative estimate of drug-likeness (QED) is 0.834. The van der Waals surface area contributed by atoms with Crippen molar-refractivity contribution in [1.82, 2.24) is 10.2 Å². The number of nitrogens with one attached hydrogen (secondary N) is 1. The largest absolute Gasteiger partial charge is 0.350 e. The first-order valence-corrected chi connectivity index (χ1v) is 9.07. The first-order valence-electron chi connectivity index (χ1n) is 9.07. The number of nitrogens with two attached hydrogens (primary N) is 1. The lowest BCUT2D eigenvalue weighted by molar-refractivity contribution is -0.139. The van der Waals surface area contributed by atoms with Gasteiger partial charge in [-0.3, -0.25) is 9.59 Å². The minimum absolute atomic E-state index is 0.105. The summed E-state index contributed by atoms with van der Waals surface area (Å²) in [5.41, 5.74) is 8.20. The molecule has 5 nitrogen and oxygen atoms in total. The Hall–Kier alpha value is -2.66. The fraction of sp³-hybridized carbons (Fsp3) is 0.333. The molecule has 0 aliphatic carbocycles. The predicted octanol–water partition coefficient (Wildman–Crippen LogP) is 1.86. The van der Waals surface area contributed by atoms with E-state index in [9.17, 15) is 9.59 Å². The Labute approximate surface area is 154 Å². The second-order valence-electron chi connectivity index (χ2n) is 6.69. The van der Waals surface area contributed by atoms with E-state index < -0.39 is 12.1 Å². The van der Waals surface area contributed by atoms with Crippen molar-refractivity contribution in [3.63, 3.8) is 0 Å². The zero-order valence-electron chi connectivity index (χ0n) is 14.8. The highest BCUT2D eigenvalue weighted by Gasteiger charge is 2.35. The van der Waals surface area contributed by atoms with Crippen molar-refractivity contribution in [2.45, 2.75) is 37.9 Å². The Bertz CT molecular complexity index is 733. The number of carbonyl (C=O) groups is 2. The lowest BCUT2D eigenvalue weighted by Crippen LogP contribution is -2.51. The molecule has 0 spiro atoms. The molecular weight excluding hydrogens is 326 g/mol. The Morgan fingerprint density at radius 1 is 1.04 bits per heavy atom. The number of likely N-dealkylation sites (tertiary alicyclic amines) is 1. The van der Waals surface area contributed by atoms with Gasteiger partial charge < -0.3 is 16.0 Å². The lowest BCUT2D eigenvalue weighted by Gasteiger charge is -2.26. The van der Waals surface area contributed by atoms with E-state index in [1.165, 1.54) is 0 Å². The van der Waals surface area contributed by atoms with Crippen molar-refractivity contribution in [3.05, 3.63) is 71.8 Å². The van der Waals surface area contributed by atoms with Crippen LogP contribution in [-0.2, 0) is 22.6 Å². The molecule has 3 rings (SSSR count). The number of nitrogens with zero attached hydrogens (tertiary/aromatic N) is 1. The van der Waals surface area contributed by atoms with Crippen LogP contribution in [0.25, 0.3) is 0 Å². The van der Waals surface area contributed by atoms with Crippen LogP contribution in [-0.4, -0.2) is 35.3 Å². The van der Waals surface area contributed by atoms with Crippen LogP contribution < -0.4 is 11.1 Å². The van der Waals surface area contributed by atoms with Crippen LogP contribution in [0.1, 0.15) is 24.0 Å². The molecule has 2 atom stereocenters. The van der Waals surface area contributed by atoms with Gasteiger partial charge in [0.1, 0.15) is 6.04 Å². The van der Waals surface area contributed by atoms with Gasteiger partial charge in [0.2, 0.25) is 11.8 Å². The second-order valence-corrected chi connectivity index (χ2v) is 6.69. The first kappa shape index (κ1) is 18.1. The highest BCUT2D eigenvalue weighted by atomic mass is 16.2. The van der Waals surface area contributed by atoms with Crippen molar-refractivity contribution in [1.29, 1.82) is 0 Å². The Morgan fingerprint density at radius 3 is 2.31 bits per heavy atom. The zero-order valence-corrected chi connectivity index (χ0v) is 14.8. The molecule has 0 saturated carbocycles. The smallest absolute Gasteiger partial charge is 0.243 e. The summed E-state index contributed by atoms with van der Waals surface area (Å²) < 4.78 is 0. The number of rotatable bonds is 6. The maximum absolute atomic E-state index is 12.8. The third-order valence-corrected chi connectivity index (χ3v) is 4.76. The summed E-state index contributed by atoms with van der Waals surface area (Å²) >= 11 is 0. The van der Waals surface area contributed by atoms with E-state index in [0.29, 0.717) is 25.9 Å². The minimum Gasteiger partial charge on any atom is -0.350 e. The van der Waals surface area contributed by atoms with E-state index in [1.807, 2.05) is 60.7 Å². The molecule has 1 aliphatic heterocycles. The van der Waals surface area contributed by atoms with Crippen molar-refractivity contribution in [2.24, 2.45) is 5.73 Å². The molecule has 3 N–H and O–H groups in total. The van der Waals surface area contributed by atoms with Crippen LogP contribution in [0.3, 0.4) is 0 Å². The molecule has 2 aromatic rings. The maximum atomic E-state index is 12.8. The highest BCUT2D eigenvalue weighted by Crippen LogP contribution is 2.19. The number of hydrogen-bond donors (Lipinski definition) is 2. The summed E-state index contributed by atoms with van der Waals surface area (Å²) in [6.07, 6.45) is 1.99. The van der Waals surface area contributed by atoms with Gasteiger partial charge in [0.25, 0.3) is 0 Å². The van der Waals surface area contributed by atoms with Gasteiger partial charge >= 0.3 is 0 Å². The third-order valence-electron chi connectivity index (χ3n) is 4.76. The molecule has 1 fully saturated rings. The van der Waals surface area contributed by atoms with Gasteiger partial charge in [-0.25, -0.2) is 0 Å². The van der Waals surface area contributed by atoms with Crippen molar-refractivity contribution >= 4 is 11.8 Å². The van der Waals surface area contributed by atoms with E-state index in [1.54, 1.807) is 4.90 Å². The molecule has 2 aromatic carbocycles. The average Bonchev–Trinajstić information content (AvgIpc) is 3.17. The molecule has 1 heterocycles. The Balaban J connectivity index is 1.58. The average molecular weight is 351 g/mol. The molecule has 0 aromatic heterocycles. The lowest BCUT2D eigenvalue weighted by atomic mass is 10.1. The molecule has 0 unspecified atom stereocenters. The molecule has 136 valence electrons. The molecule has 5 heteroatoms. The number of hydrogen-bond acceptors (Lipinski definition) is 3. The fourth-order valence-corrected chi connectivity index (χ4v) is 3.37. The Kier molecular flexibility index (Phi) is 6.02. The fourth-order valence-electron chi connectivity index (χ4n) is 3.37. The van der Waals surface area contributed by atoms with Crippen LogP contribution in [0.4, 0.5) is 0 Å². The maximum Gasteiger partial charge on any atom is 0.243 e. The molecule has 1 aliphatic rings. The topological polar surface area (TPSA) is 75.4 Å². The third kappa shape index (κ3) is 4.49. The molecular formula is C21H25N3O2. The van der Waals surface area contributed by atoms with Gasteiger partial charge in [-0.05, 0) is 30.4 Å². The number of amides is 2. The SMILES string of the molecule is N[C@H](Cc1ccccc1)C(=O)N1CCC[C@H]1C(=O)NCc1ccccc1. The molecule has 1 saturated heterocycles. The van der Waals surface area contributed by atoms with Gasteiger partial charge in [0.05, 0.1) is 6.04 Å². The van der Waals surface area contributed by atoms with E-state index in [-0.39, 0.29) is 11.8 Å². The van der Waals surface area contributed by atoms with Gasteiger partial charge in [0, 0.05) is 13.1 Å². The van der Waals surface area contributed by atoms with E-state index in [2.05, 4.69) is 5.32 Å². The summed E-state index contributed by atoms with van der Waals surface area (Å²) in [5.74, 6) is -0.252. The minimum atomic E-state index is -0.625. The summed E-state index contributed by atoms with van der Waals surface area (Å²) in [7, 11) is 0. The standard InChI is InChI=1S/C21H25N3O2/c22-18(14-16-8-3-1-4-9-16)21(26)24-13-7-12-19(24)20(25)23-15-17-10-5-2-6-11-17/h1-6,8-11,18-19H,7,12-15,22H2,(H,23,25)/t18-,19+/m1/s1. The van der Waals surface area contributed by atoms with Crippen LogP contribution in [0.15, 0.2) is 60.7 Å². The molecule has 26 heavy (non-hydrogen) atoms. The second kappa shape index (κ2) is 8.63. The number of benzene rings is 2. The van der Waals surface area contributed by atoms with E-state index in [4.69, 9.17) is 5.73 Å². The van der Waals surface area contributed by atoms with Crippen LogP contribution in [0.5, 0.6) is 0 Å². The Morgan fingerprint density at radius 2 is 1.65 bits per heavy atom. The van der Waals surface area contributed by atoms with Crippen LogP contribution >= 0.6 is 0 Å². The first-order chi connectivity index (χ1) is 12.6. The predicted molar refractivity (Wildman–Crippen MR) is 101 cm³/mol. The normalized spacial score (nSPS) is 17.7. The van der Waals surface area contributed by atoms with Gasteiger partial charge in [-0.2, -0.15) is 0 Å². The summed E-state index contributed by atoms with van der Waals surface area (Å²) in [6.45, 7) is 1.05. The number of carbonyl (C=O) groups excluding carboxylic acids is 2. The summed E-state index contributed by atoms with van der Waals surface area (Å²) in [5, 5.41) is 2.94. The van der Waals surface area contributed by atoms with Crippen molar-refractivity contribution in [2.75, 3.05) is 6.54 Å². The van der Waals surface area contributed by atoms with Crippen molar-refractivity contribution < 1.29 is 9.59 Å².